The lowest BCUT2D eigenvalue weighted by molar-refractivity contribution is -0.139. The number of esters is 1. The first kappa shape index (κ1) is 14.0. The second kappa shape index (κ2) is 7.27. The van der Waals surface area contributed by atoms with Gasteiger partial charge in [0.15, 0.2) is 5.78 Å². The molecule has 1 aromatic carbocycles. The molecule has 1 rings (SSSR count). The SMILES string of the molecule is CCOC(=O)/C(=C/NCc1ccccc1)C(C)=O. The zero-order valence-corrected chi connectivity index (χ0v) is 10.6. The van der Waals surface area contributed by atoms with Crippen LogP contribution in [0, 0.1) is 0 Å². The summed E-state index contributed by atoms with van der Waals surface area (Å²) < 4.78 is 4.80. The van der Waals surface area contributed by atoms with Gasteiger partial charge in [-0.25, -0.2) is 4.79 Å². The Balaban J connectivity index is 2.61. The lowest BCUT2D eigenvalue weighted by Crippen LogP contribution is -2.17. The van der Waals surface area contributed by atoms with Crippen LogP contribution in [0.4, 0.5) is 0 Å². The molecule has 0 aromatic heterocycles. The minimum atomic E-state index is -0.592. The van der Waals surface area contributed by atoms with Crippen molar-refractivity contribution >= 4 is 11.8 Å². The van der Waals surface area contributed by atoms with Crippen LogP contribution in [-0.2, 0) is 20.9 Å². The standard InChI is InChI=1S/C14H17NO3/c1-3-18-14(17)13(11(2)16)10-15-9-12-7-5-4-6-8-12/h4-8,10,15H,3,9H2,1-2H3/b13-10+. The second-order valence-corrected chi connectivity index (χ2v) is 3.70. The number of hydrogen-bond acceptors (Lipinski definition) is 4. The molecule has 0 fully saturated rings. The van der Waals surface area contributed by atoms with E-state index in [1.165, 1.54) is 13.1 Å². The highest BCUT2D eigenvalue weighted by atomic mass is 16.5. The van der Waals surface area contributed by atoms with E-state index in [2.05, 4.69) is 5.32 Å². The molecule has 0 atom stereocenters. The van der Waals surface area contributed by atoms with Crippen LogP contribution in [0.3, 0.4) is 0 Å². The number of hydrogen-bond donors (Lipinski definition) is 1. The Morgan fingerprint density at radius 3 is 2.50 bits per heavy atom. The van der Waals surface area contributed by atoms with Crippen LogP contribution in [0.5, 0.6) is 0 Å². The molecule has 0 unspecified atom stereocenters. The lowest BCUT2D eigenvalue weighted by atomic mass is 10.2. The molecule has 18 heavy (non-hydrogen) atoms. The van der Waals surface area contributed by atoms with E-state index >= 15 is 0 Å². The predicted octanol–water partition coefficient (Wildman–Crippen LogP) is 1.81. The van der Waals surface area contributed by atoms with Gasteiger partial charge >= 0.3 is 5.97 Å². The van der Waals surface area contributed by atoms with E-state index in [0.717, 1.165) is 5.56 Å². The second-order valence-electron chi connectivity index (χ2n) is 3.70. The number of benzene rings is 1. The fourth-order valence-corrected chi connectivity index (χ4v) is 1.38. The first-order chi connectivity index (χ1) is 8.65. The average molecular weight is 247 g/mol. The van der Waals surface area contributed by atoms with Gasteiger partial charge in [-0.1, -0.05) is 30.3 Å². The van der Waals surface area contributed by atoms with Crippen molar-refractivity contribution in [3.05, 3.63) is 47.7 Å². The maximum atomic E-state index is 11.5. The van der Waals surface area contributed by atoms with Crippen LogP contribution in [-0.4, -0.2) is 18.4 Å². The van der Waals surface area contributed by atoms with Gasteiger partial charge < -0.3 is 10.1 Å². The fraction of sp³-hybridized carbons (Fsp3) is 0.286. The highest BCUT2D eigenvalue weighted by molar-refractivity contribution is 6.16. The van der Waals surface area contributed by atoms with Gasteiger partial charge in [0.1, 0.15) is 5.57 Å². The molecule has 96 valence electrons. The molecule has 0 radical (unpaired) electrons. The van der Waals surface area contributed by atoms with Crippen LogP contribution in [0.25, 0.3) is 0 Å². The Morgan fingerprint density at radius 1 is 1.28 bits per heavy atom. The third kappa shape index (κ3) is 4.41. The molecule has 1 aromatic rings. The van der Waals surface area contributed by atoms with Gasteiger partial charge in [-0.05, 0) is 19.4 Å². The molecule has 0 aliphatic heterocycles. The Bertz CT molecular complexity index is 438. The molecule has 0 aliphatic carbocycles. The van der Waals surface area contributed by atoms with E-state index in [9.17, 15) is 9.59 Å². The third-order valence-electron chi connectivity index (χ3n) is 2.27. The minimum absolute atomic E-state index is 0.0350. The van der Waals surface area contributed by atoms with Gasteiger partial charge in [0.05, 0.1) is 6.61 Å². The lowest BCUT2D eigenvalue weighted by Gasteiger charge is -2.05. The van der Waals surface area contributed by atoms with Gasteiger partial charge in [-0.2, -0.15) is 0 Å². The van der Waals surface area contributed by atoms with Gasteiger partial charge in [-0.15, -0.1) is 0 Å². The number of ketones is 1. The number of carbonyl (C=O) groups is 2. The fourth-order valence-electron chi connectivity index (χ4n) is 1.38. The largest absolute Gasteiger partial charge is 0.462 e. The van der Waals surface area contributed by atoms with Crippen molar-refractivity contribution in [3.8, 4) is 0 Å². The zero-order valence-electron chi connectivity index (χ0n) is 10.6. The number of rotatable bonds is 6. The summed E-state index contributed by atoms with van der Waals surface area (Å²) in [6.07, 6.45) is 1.41. The summed E-state index contributed by atoms with van der Waals surface area (Å²) in [7, 11) is 0. The number of Topliss-reactive ketones (excluding diaryl/α,β-unsaturated/α-hetero) is 1. The average Bonchev–Trinajstić information content (AvgIpc) is 2.35. The van der Waals surface area contributed by atoms with E-state index in [0.29, 0.717) is 6.54 Å². The quantitative estimate of drug-likeness (QED) is 0.360. The van der Waals surface area contributed by atoms with Crippen molar-refractivity contribution < 1.29 is 14.3 Å². The number of nitrogens with one attached hydrogen (secondary N) is 1. The van der Waals surface area contributed by atoms with Crippen LogP contribution >= 0.6 is 0 Å². The molecule has 0 heterocycles. The van der Waals surface area contributed by atoms with Gasteiger partial charge in [0.2, 0.25) is 0 Å². The first-order valence-electron chi connectivity index (χ1n) is 5.80. The molecule has 4 nitrogen and oxygen atoms in total. The van der Waals surface area contributed by atoms with Crippen LogP contribution in [0.2, 0.25) is 0 Å². The predicted molar refractivity (Wildman–Crippen MR) is 68.7 cm³/mol. The molecular weight excluding hydrogens is 230 g/mol. The van der Waals surface area contributed by atoms with Crippen molar-refractivity contribution in [2.75, 3.05) is 6.61 Å². The summed E-state index contributed by atoms with van der Waals surface area (Å²) in [6, 6.07) is 9.70. The van der Waals surface area contributed by atoms with Crippen molar-refractivity contribution in [2.45, 2.75) is 20.4 Å². The third-order valence-corrected chi connectivity index (χ3v) is 2.27. The van der Waals surface area contributed by atoms with E-state index in [1.54, 1.807) is 6.92 Å². The first-order valence-corrected chi connectivity index (χ1v) is 5.80. The van der Waals surface area contributed by atoms with E-state index < -0.39 is 5.97 Å². The summed E-state index contributed by atoms with van der Waals surface area (Å²) in [5, 5.41) is 2.94. The maximum Gasteiger partial charge on any atom is 0.343 e. The Hall–Kier alpha value is -2.10. The molecule has 0 saturated carbocycles. The highest BCUT2D eigenvalue weighted by Gasteiger charge is 2.14. The van der Waals surface area contributed by atoms with E-state index in [4.69, 9.17) is 4.74 Å². The van der Waals surface area contributed by atoms with Crippen LogP contribution in [0.1, 0.15) is 19.4 Å². The van der Waals surface area contributed by atoms with Crippen LogP contribution in [0.15, 0.2) is 42.1 Å². The van der Waals surface area contributed by atoms with Crippen molar-refractivity contribution in [2.24, 2.45) is 0 Å². The monoisotopic (exact) mass is 247 g/mol. The molecule has 0 bridgehead atoms. The molecular formula is C14H17NO3. The number of ether oxygens (including phenoxy) is 1. The van der Waals surface area contributed by atoms with E-state index in [-0.39, 0.29) is 18.0 Å². The summed E-state index contributed by atoms with van der Waals surface area (Å²) >= 11 is 0. The Labute approximate surface area is 107 Å². The van der Waals surface area contributed by atoms with Gasteiger partial charge in [0, 0.05) is 12.7 Å². The normalized spacial score (nSPS) is 10.9. The molecule has 0 spiro atoms. The molecule has 0 amide bonds. The Morgan fingerprint density at radius 2 is 1.94 bits per heavy atom. The highest BCUT2D eigenvalue weighted by Crippen LogP contribution is 2.01. The summed E-state index contributed by atoms with van der Waals surface area (Å²) in [5.41, 5.74) is 1.10. The topological polar surface area (TPSA) is 55.4 Å². The smallest absolute Gasteiger partial charge is 0.343 e. The maximum absolute atomic E-state index is 11.5. The number of carbonyl (C=O) groups excluding carboxylic acids is 2. The van der Waals surface area contributed by atoms with Crippen LogP contribution < -0.4 is 5.32 Å². The molecule has 0 aliphatic rings. The molecule has 1 N–H and O–H groups in total. The van der Waals surface area contributed by atoms with Gasteiger partial charge in [0.25, 0.3) is 0 Å². The van der Waals surface area contributed by atoms with Crippen molar-refractivity contribution in [3.63, 3.8) is 0 Å². The van der Waals surface area contributed by atoms with Crippen molar-refractivity contribution in [1.29, 1.82) is 0 Å². The minimum Gasteiger partial charge on any atom is -0.462 e. The van der Waals surface area contributed by atoms with Gasteiger partial charge in [-0.3, -0.25) is 4.79 Å². The summed E-state index contributed by atoms with van der Waals surface area (Å²) in [5.74, 6) is -0.903. The van der Waals surface area contributed by atoms with E-state index in [1.807, 2.05) is 30.3 Å². The molecule has 0 saturated heterocycles. The molecule has 4 heteroatoms. The van der Waals surface area contributed by atoms with Crippen molar-refractivity contribution in [1.82, 2.24) is 5.32 Å². The Kier molecular flexibility index (Phi) is 5.64. The zero-order chi connectivity index (χ0) is 13.4. The summed E-state index contributed by atoms with van der Waals surface area (Å²) in [4.78, 5) is 22.8. The summed E-state index contributed by atoms with van der Waals surface area (Å²) in [6.45, 7) is 3.85.